The van der Waals surface area contributed by atoms with E-state index in [1.165, 1.54) is 0 Å². The maximum atomic E-state index is 5.89. The summed E-state index contributed by atoms with van der Waals surface area (Å²) in [5.74, 6) is 0. The Morgan fingerprint density at radius 3 is 2.45 bits per heavy atom. The van der Waals surface area contributed by atoms with E-state index in [-0.39, 0.29) is 18.5 Å². The van der Waals surface area contributed by atoms with Crippen molar-refractivity contribution in [3.63, 3.8) is 0 Å². The van der Waals surface area contributed by atoms with Crippen LogP contribution in [0.3, 0.4) is 0 Å². The summed E-state index contributed by atoms with van der Waals surface area (Å²) in [6.07, 6.45) is 1.95. The Kier molecular flexibility index (Phi) is 5.38. The number of nitrogens with one attached hydrogen (secondary N) is 1. The van der Waals surface area contributed by atoms with Crippen molar-refractivity contribution in [3.05, 3.63) is 53.3 Å². The quantitative estimate of drug-likeness (QED) is 0.922. The molecule has 0 saturated carbocycles. The average molecular weight is 311 g/mol. The van der Waals surface area contributed by atoms with Crippen molar-refractivity contribution in [1.29, 1.82) is 0 Å². The van der Waals surface area contributed by atoms with Crippen molar-refractivity contribution in [1.82, 2.24) is 10.3 Å². The zero-order valence-corrected chi connectivity index (χ0v) is 12.5. The van der Waals surface area contributed by atoms with Gasteiger partial charge in [0.05, 0.1) is 12.3 Å². The highest BCUT2D eigenvalue weighted by molar-refractivity contribution is 6.30. The molecule has 3 rings (SSSR count). The van der Waals surface area contributed by atoms with Gasteiger partial charge in [0.25, 0.3) is 0 Å². The highest BCUT2D eigenvalue weighted by Crippen LogP contribution is 2.23. The molecular formula is C15H16Cl2N2O. The molecule has 2 heterocycles. The molecule has 0 spiro atoms. The molecular weight excluding hydrogens is 295 g/mol. The molecule has 0 bridgehead atoms. The molecule has 1 N–H and O–H groups in total. The van der Waals surface area contributed by atoms with Crippen molar-refractivity contribution in [2.45, 2.75) is 6.10 Å². The summed E-state index contributed by atoms with van der Waals surface area (Å²) in [7, 11) is 0. The number of pyridine rings is 1. The van der Waals surface area contributed by atoms with Gasteiger partial charge >= 0.3 is 0 Å². The SMILES string of the molecule is Cl.Clc1ccc(-c2ccc(C3CNCCO3)nc2)cc1. The summed E-state index contributed by atoms with van der Waals surface area (Å²) in [6.45, 7) is 2.48. The van der Waals surface area contributed by atoms with Crippen LogP contribution >= 0.6 is 24.0 Å². The lowest BCUT2D eigenvalue weighted by atomic mass is 10.1. The molecule has 1 aliphatic rings. The fraction of sp³-hybridized carbons (Fsp3) is 0.267. The first-order valence-corrected chi connectivity index (χ1v) is 6.75. The predicted octanol–water partition coefficient (Wildman–Crippen LogP) is 3.48. The van der Waals surface area contributed by atoms with E-state index in [2.05, 4.69) is 16.4 Å². The van der Waals surface area contributed by atoms with Gasteiger partial charge in [0.15, 0.2) is 0 Å². The number of nitrogens with zero attached hydrogens (tertiary/aromatic N) is 1. The molecule has 1 atom stereocenters. The molecule has 1 aliphatic heterocycles. The fourth-order valence-corrected chi connectivity index (χ4v) is 2.29. The van der Waals surface area contributed by atoms with E-state index in [4.69, 9.17) is 16.3 Å². The zero-order chi connectivity index (χ0) is 13.1. The van der Waals surface area contributed by atoms with Crippen LogP contribution in [-0.2, 0) is 4.74 Å². The molecule has 20 heavy (non-hydrogen) atoms. The third kappa shape index (κ3) is 3.49. The van der Waals surface area contributed by atoms with E-state index in [0.717, 1.165) is 41.5 Å². The molecule has 106 valence electrons. The molecule has 1 aromatic carbocycles. The zero-order valence-electron chi connectivity index (χ0n) is 10.9. The second-order valence-corrected chi connectivity index (χ2v) is 4.98. The number of morpholine rings is 1. The molecule has 1 aromatic heterocycles. The van der Waals surface area contributed by atoms with Crippen LogP contribution in [0.2, 0.25) is 5.02 Å². The van der Waals surface area contributed by atoms with Gasteiger partial charge in [0.1, 0.15) is 6.10 Å². The third-order valence-electron chi connectivity index (χ3n) is 3.22. The number of halogens is 2. The maximum absolute atomic E-state index is 5.89. The van der Waals surface area contributed by atoms with Gasteiger partial charge in [-0.05, 0) is 23.8 Å². The van der Waals surface area contributed by atoms with Crippen molar-refractivity contribution in [2.24, 2.45) is 0 Å². The Labute approximate surface area is 129 Å². The molecule has 1 unspecified atom stereocenters. The minimum atomic E-state index is 0. The van der Waals surface area contributed by atoms with Crippen LogP contribution in [0.15, 0.2) is 42.6 Å². The van der Waals surface area contributed by atoms with Crippen LogP contribution in [-0.4, -0.2) is 24.7 Å². The smallest absolute Gasteiger partial charge is 0.112 e. The van der Waals surface area contributed by atoms with Gasteiger partial charge < -0.3 is 10.1 Å². The number of ether oxygens (including phenoxy) is 1. The molecule has 0 aliphatic carbocycles. The first-order valence-electron chi connectivity index (χ1n) is 6.37. The summed E-state index contributed by atoms with van der Waals surface area (Å²) in [5, 5.41) is 4.05. The number of benzene rings is 1. The van der Waals surface area contributed by atoms with Gasteiger partial charge in [0, 0.05) is 29.9 Å². The topological polar surface area (TPSA) is 34.1 Å². The van der Waals surface area contributed by atoms with Gasteiger partial charge in [-0.15, -0.1) is 12.4 Å². The summed E-state index contributed by atoms with van der Waals surface area (Å²) in [6, 6.07) is 11.9. The largest absolute Gasteiger partial charge is 0.369 e. The summed E-state index contributed by atoms with van der Waals surface area (Å²) >= 11 is 5.89. The number of hydrogen-bond acceptors (Lipinski definition) is 3. The number of hydrogen-bond donors (Lipinski definition) is 1. The molecule has 5 heteroatoms. The van der Waals surface area contributed by atoms with Crippen molar-refractivity contribution in [3.8, 4) is 11.1 Å². The lowest BCUT2D eigenvalue weighted by Gasteiger charge is -2.23. The molecule has 2 aromatic rings. The van der Waals surface area contributed by atoms with E-state index >= 15 is 0 Å². The highest BCUT2D eigenvalue weighted by atomic mass is 35.5. The minimum absolute atomic E-state index is 0. The van der Waals surface area contributed by atoms with Crippen LogP contribution in [0.5, 0.6) is 0 Å². The van der Waals surface area contributed by atoms with E-state index in [1.54, 1.807) is 0 Å². The summed E-state index contributed by atoms with van der Waals surface area (Å²) in [4.78, 5) is 4.50. The monoisotopic (exact) mass is 310 g/mol. The van der Waals surface area contributed by atoms with Gasteiger partial charge in [-0.1, -0.05) is 29.8 Å². The third-order valence-corrected chi connectivity index (χ3v) is 3.47. The van der Waals surface area contributed by atoms with Crippen LogP contribution in [0, 0.1) is 0 Å². The van der Waals surface area contributed by atoms with Gasteiger partial charge in [-0.25, -0.2) is 0 Å². The second-order valence-electron chi connectivity index (χ2n) is 4.54. The lowest BCUT2D eigenvalue weighted by Crippen LogP contribution is -2.33. The molecule has 1 saturated heterocycles. The Bertz CT molecular complexity index is 537. The van der Waals surface area contributed by atoms with Crippen LogP contribution in [0.4, 0.5) is 0 Å². The van der Waals surface area contributed by atoms with E-state index in [0.29, 0.717) is 0 Å². The first-order chi connectivity index (χ1) is 9.33. The Morgan fingerprint density at radius 2 is 1.85 bits per heavy atom. The van der Waals surface area contributed by atoms with Crippen LogP contribution in [0.25, 0.3) is 11.1 Å². The predicted molar refractivity (Wildman–Crippen MR) is 83.5 cm³/mol. The van der Waals surface area contributed by atoms with E-state index in [9.17, 15) is 0 Å². The van der Waals surface area contributed by atoms with Gasteiger partial charge in [-0.3, -0.25) is 4.98 Å². The molecule has 1 fully saturated rings. The normalized spacial score (nSPS) is 18.4. The fourth-order valence-electron chi connectivity index (χ4n) is 2.16. The Hall–Kier alpha value is -1.13. The van der Waals surface area contributed by atoms with E-state index < -0.39 is 0 Å². The Morgan fingerprint density at radius 1 is 1.10 bits per heavy atom. The van der Waals surface area contributed by atoms with Crippen LogP contribution in [0.1, 0.15) is 11.8 Å². The maximum Gasteiger partial charge on any atom is 0.112 e. The second kappa shape index (κ2) is 7.04. The van der Waals surface area contributed by atoms with Crippen molar-refractivity contribution < 1.29 is 4.74 Å². The van der Waals surface area contributed by atoms with Crippen molar-refractivity contribution >= 4 is 24.0 Å². The van der Waals surface area contributed by atoms with Crippen LogP contribution < -0.4 is 5.32 Å². The average Bonchev–Trinajstić information content (AvgIpc) is 2.49. The standard InChI is InChI=1S/C15H15ClN2O.ClH/c16-13-4-1-11(2-5-13)12-3-6-14(18-9-12)15-10-17-7-8-19-15;/h1-6,9,15,17H,7-8,10H2;1H. The number of rotatable bonds is 2. The molecule has 0 radical (unpaired) electrons. The number of aromatic nitrogens is 1. The van der Waals surface area contributed by atoms with Gasteiger partial charge in [0.2, 0.25) is 0 Å². The minimum Gasteiger partial charge on any atom is -0.369 e. The molecule has 0 amide bonds. The Balaban J connectivity index is 0.00000147. The summed E-state index contributed by atoms with van der Waals surface area (Å²) < 4.78 is 5.68. The summed E-state index contributed by atoms with van der Waals surface area (Å²) in [5.41, 5.74) is 3.18. The first kappa shape index (κ1) is 15.3. The van der Waals surface area contributed by atoms with E-state index in [1.807, 2.05) is 36.5 Å². The van der Waals surface area contributed by atoms with Gasteiger partial charge in [-0.2, -0.15) is 0 Å². The molecule has 3 nitrogen and oxygen atoms in total. The highest BCUT2D eigenvalue weighted by Gasteiger charge is 2.16. The van der Waals surface area contributed by atoms with Crippen molar-refractivity contribution in [2.75, 3.05) is 19.7 Å². The lowest BCUT2D eigenvalue weighted by molar-refractivity contribution is 0.0250.